The zero-order valence-electron chi connectivity index (χ0n) is 9.15. The highest BCUT2D eigenvalue weighted by Crippen LogP contribution is 2.37. The van der Waals surface area contributed by atoms with Gasteiger partial charge in [0.1, 0.15) is 0 Å². The van der Waals surface area contributed by atoms with E-state index in [1.807, 2.05) is 6.92 Å². The molecule has 1 rings (SSSR count). The summed E-state index contributed by atoms with van der Waals surface area (Å²) in [6, 6.07) is 0. The van der Waals surface area contributed by atoms with Gasteiger partial charge in [-0.15, -0.1) is 11.8 Å². The summed E-state index contributed by atoms with van der Waals surface area (Å²) >= 11 is 0. The first-order valence-electron chi connectivity index (χ1n) is 5.37. The molecule has 14 heavy (non-hydrogen) atoms. The van der Waals surface area contributed by atoms with Crippen LogP contribution in [0, 0.1) is 17.3 Å². The van der Waals surface area contributed by atoms with Crippen LogP contribution in [0.3, 0.4) is 0 Å². The number of amides is 1. The maximum Gasteiger partial charge on any atom is 0.225 e. The van der Waals surface area contributed by atoms with E-state index in [0.29, 0.717) is 6.54 Å². The van der Waals surface area contributed by atoms with Crippen LogP contribution in [0.1, 0.15) is 46.0 Å². The average molecular weight is 193 g/mol. The topological polar surface area (TPSA) is 29.1 Å². The number of rotatable bonds is 3. The molecule has 78 valence electrons. The van der Waals surface area contributed by atoms with Gasteiger partial charge in [-0.1, -0.05) is 19.8 Å². The Balaban J connectivity index is 2.29. The quantitative estimate of drug-likeness (QED) is 0.539. The maximum absolute atomic E-state index is 11.8. The van der Waals surface area contributed by atoms with Crippen LogP contribution in [0.25, 0.3) is 0 Å². The Morgan fingerprint density at radius 2 is 2.07 bits per heavy atom. The van der Waals surface area contributed by atoms with Crippen LogP contribution in [-0.2, 0) is 4.79 Å². The molecule has 0 aromatic carbocycles. The van der Waals surface area contributed by atoms with Crippen molar-refractivity contribution in [2.24, 2.45) is 5.41 Å². The molecule has 0 saturated heterocycles. The summed E-state index contributed by atoms with van der Waals surface area (Å²) in [5.74, 6) is 5.98. The predicted molar refractivity (Wildman–Crippen MR) is 57.7 cm³/mol. The molecule has 0 heterocycles. The van der Waals surface area contributed by atoms with E-state index in [0.717, 1.165) is 19.3 Å². The van der Waals surface area contributed by atoms with Gasteiger partial charge >= 0.3 is 0 Å². The van der Waals surface area contributed by atoms with E-state index in [4.69, 9.17) is 0 Å². The number of carbonyl (C=O) groups excluding carboxylic acids is 1. The molecule has 0 radical (unpaired) electrons. The van der Waals surface area contributed by atoms with Crippen LogP contribution in [0.15, 0.2) is 0 Å². The number of nitrogens with one attached hydrogen (secondary N) is 1. The van der Waals surface area contributed by atoms with E-state index in [1.165, 1.54) is 12.8 Å². The van der Waals surface area contributed by atoms with Gasteiger partial charge in [0, 0.05) is 18.4 Å². The highest BCUT2D eigenvalue weighted by Gasteiger charge is 2.35. The van der Waals surface area contributed by atoms with E-state index < -0.39 is 0 Å². The van der Waals surface area contributed by atoms with Crippen LogP contribution in [0.5, 0.6) is 0 Å². The number of carbonyl (C=O) groups is 1. The van der Waals surface area contributed by atoms with Crippen LogP contribution < -0.4 is 5.32 Å². The second-order valence-corrected chi connectivity index (χ2v) is 4.20. The monoisotopic (exact) mass is 193 g/mol. The molecule has 0 aromatic rings. The van der Waals surface area contributed by atoms with Crippen molar-refractivity contribution in [3.05, 3.63) is 0 Å². The molecule has 1 fully saturated rings. The smallest absolute Gasteiger partial charge is 0.225 e. The Hall–Kier alpha value is -0.970. The molecule has 1 aliphatic rings. The van der Waals surface area contributed by atoms with Gasteiger partial charge < -0.3 is 5.32 Å². The predicted octanol–water partition coefficient (Wildman–Crippen LogP) is 2.10. The maximum atomic E-state index is 11.8. The van der Waals surface area contributed by atoms with E-state index in [-0.39, 0.29) is 11.3 Å². The molecule has 1 aliphatic carbocycles. The van der Waals surface area contributed by atoms with Crippen molar-refractivity contribution in [2.45, 2.75) is 46.0 Å². The first kappa shape index (κ1) is 11.1. The fourth-order valence-corrected chi connectivity index (χ4v) is 1.96. The average Bonchev–Trinajstić information content (AvgIpc) is 2.61. The molecular formula is C12H19NO. The van der Waals surface area contributed by atoms with Gasteiger partial charge in [0.05, 0.1) is 0 Å². The van der Waals surface area contributed by atoms with Gasteiger partial charge in [-0.3, -0.25) is 4.79 Å². The third-order valence-corrected chi connectivity index (χ3v) is 2.97. The molecule has 0 aliphatic heterocycles. The Kier molecular flexibility index (Phi) is 4.00. The summed E-state index contributed by atoms with van der Waals surface area (Å²) in [4.78, 5) is 11.8. The Bertz CT molecular complexity index is 253. The summed E-state index contributed by atoms with van der Waals surface area (Å²) in [6.07, 6.45) is 5.23. The highest BCUT2D eigenvalue weighted by atomic mass is 16.2. The normalized spacial score (nSPS) is 18.4. The zero-order chi connectivity index (χ0) is 10.4. The molecule has 0 atom stereocenters. The van der Waals surface area contributed by atoms with Crippen molar-refractivity contribution >= 4 is 5.91 Å². The van der Waals surface area contributed by atoms with Gasteiger partial charge in [0.15, 0.2) is 0 Å². The van der Waals surface area contributed by atoms with Gasteiger partial charge in [-0.05, 0) is 19.8 Å². The van der Waals surface area contributed by atoms with E-state index >= 15 is 0 Å². The number of hydrogen-bond donors (Lipinski definition) is 1. The fraction of sp³-hybridized carbons (Fsp3) is 0.750. The molecule has 0 unspecified atom stereocenters. The summed E-state index contributed by atoms with van der Waals surface area (Å²) in [5, 5.41) is 2.96. The van der Waals surface area contributed by atoms with E-state index in [1.54, 1.807) is 0 Å². The Labute approximate surface area is 86.5 Å². The lowest BCUT2D eigenvalue weighted by molar-refractivity contribution is -0.129. The molecule has 1 N–H and O–H groups in total. The van der Waals surface area contributed by atoms with E-state index in [2.05, 4.69) is 24.1 Å². The molecule has 0 aromatic heterocycles. The minimum absolute atomic E-state index is 0.0976. The SMILES string of the molecule is CC#CCCNC(=O)C1(C)CCCC1. The second-order valence-electron chi connectivity index (χ2n) is 4.20. The van der Waals surface area contributed by atoms with Gasteiger partial charge in [-0.25, -0.2) is 0 Å². The van der Waals surface area contributed by atoms with Crippen molar-refractivity contribution in [3.63, 3.8) is 0 Å². The van der Waals surface area contributed by atoms with Crippen molar-refractivity contribution in [1.82, 2.24) is 5.32 Å². The zero-order valence-corrected chi connectivity index (χ0v) is 9.15. The van der Waals surface area contributed by atoms with Crippen LogP contribution in [0.2, 0.25) is 0 Å². The van der Waals surface area contributed by atoms with Gasteiger partial charge in [-0.2, -0.15) is 0 Å². The van der Waals surface area contributed by atoms with Crippen LogP contribution in [0.4, 0.5) is 0 Å². The summed E-state index contributed by atoms with van der Waals surface area (Å²) in [7, 11) is 0. The first-order chi connectivity index (χ1) is 6.69. The largest absolute Gasteiger partial charge is 0.355 e. The molecule has 2 heteroatoms. The number of hydrogen-bond acceptors (Lipinski definition) is 1. The lowest BCUT2D eigenvalue weighted by Gasteiger charge is -2.21. The molecule has 0 bridgehead atoms. The Morgan fingerprint density at radius 3 is 2.64 bits per heavy atom. The Morgan fingerprint density at radius 1 is 1.43 bits per heavy atom. The standard InChI is InChI=1S/C12H19NO/c1-3-4-7-10-13-11(14)12(2)8-5-6-9-12/h5-10H2,1-2H3,(H,13,14). The molecule has 1 saturated carbocycles. The second kappa shape index (κ2) is 5.05. The highest BCUT2D eigenvalue weighted by molar-refractivity contribution is 5.82. The first-order valence-corrected chi connectivity index (χ1v) is 5.37. The van der Waals surface area contributed by atoms with E-state index in [9.17, 15) is 4.79 Å². The van der Waals surface area contributed by atoms with Crippen LogP contribution >= 0.6 is 0 Å². The lowest BCUT2D eigenvalue weighted by Crippen LogP contribution is -2.37. The van der Waals surface area contributed by atoms with Crippen molar-refractivity contribution in [2.75, 3.05) is 6.54 Å². The third-order valence-electron chi connectivity index (χ3n) is 2.97. The van der Waals surface area contributed by atoms with Crippen molar-refractivity contribution in [1.29, 1.82) is 0 Å². The van der Waals surface area contributed by atoms with Gasteiger partial charge in [0.2, 0.25) is 5.91 Å². The van der Waals surface area contributed by atoms with Crippen molar-refractivity contribution in [3.8, 4) is 11.8 Å². The molecule has 2 nitrogen and oxygen atoms in total. The lowest BCUT2D eigenvalue weighted by atomic mass is 9.88. The summed E-state index contributed by atoms with van der Waals surface area (Å²) < 4.78 is 0. The van der Waals surface area contributed by atoms with Gasteiger partial charge in [0.25, 0.3) is 0 Å². The third kappa shape index (κ3) is 2.77. The van der Waals surface area contributed by atoms with Crippen molar-refractivity contribution < 1.29 is 4.79 Å². The molecule has 1 amide bonds. The minimum Gasteiger partial charge on any atom is -0.355 e. The molecule has 0 spiro atoms. The summed E-state index contributed by atoms with van der Waals surface area (Å²) in [6.45, 7) is 4.58. The fourth-order valence-electron chi connectivity index (χ4n) is 1.96. The summed E-state index contributed by atoms with van der Waals surface area (Å²) in [5.41, 5.74) is -0.0976. The minimum atomic E-state index is -0.0976. The van der Waals surface area contributed by atoms with Crippen LogP contribution in [-0.4, -0.2) is 12.5 Å². The molecular weight excluding hydrogens is 174 g/mol.